The molecular weight excluding hydrogens is 352 g/mol. The molecule has 5 nitrogen and oxygen atoms in total. The van der Waals surface area contributed by atoms with Gasteiger partial charge in [-0.15, -0.1) is 0 Å². The van der Waals surface area contributed by atoms with Crippen LogP contribution in [0.3, 0.4) is 0 Å². The zero-order valence-corrected chi connectivity index (χ0v) is 14.4. The van der Waals surface area contributed by atoms with Gasteiger partial charge in [0.2, 0.25) is 0 Å². The molecule has 1 aromatic heterocycles. The summed E-state index contributed by atoms with van der Waals surface area (Å²) in [5.74, 6) is -1.04. The third-order valence-corrected chi connectivity index (χ3v) is 3.79. The molecule has 0 atom stereocenters. The number of rotatable bonds is 5. The molecule has 1 amide bonds. The number of carbonyl (C=O) groups is 2. The summed E-state index contributed by atoms with van der Waals surface area (Å²) in [6.07, 6.45) is 4.59. The van der Waals surface area contributed by atoms with Gasteiger partial charge in [0.05, 0.1) is 5.52 Å². The fraction of sp³-hybridized carbons (Fsp3) is 0.0500. The molecule has 0 fully saturated rings. The van der Waals surface area contributed by atoms with Crippen molar-refractivity contribution < 1.29 is 14.3 Å². The van der Waals surface area contributed by atoms with Crippen molar-refractivity contribution in [3.05, 3.63) is 77.5 Å². The Labute approximate surface area is 155 Å². The van der Waals surface area contributed by atoms with Crippen LogP contribution in [-0.4, -0.2) is 23.5 Å². The van der Waals surface area contributed by atoms with E-state index in [1.54, 1.807) is 36.5 Å². The number of pyridine rings is 1. The highest BCUT2D eigenvalue weighted by atomic mass is 35.5. The van der Waals surface area contributed by atoms with Crippen molar-refractivity contribution in [1.82, 2.24) is 4.98 Å². The summed E-state index contributed by atoms with van der Waals surface area (Å²) < 4.78 is 4.95. The van der Waals surface area contributed by atoms with Gasteiger partial charge in [0.25, 0.3) is 5.91 Å². The number of nitrogens with one attached hydrogen (secondary N) is 1. The summed E-state index contributed by atoms with van der Waals surface area (Å²) in [6.45, 7) is -0.375. The summed E-state index contributed by atoms with van der Waals surface area (Å²) in [4.78, 5) is 27.9. The molecule has 0 aliphatic heterocycles. The zero-order valence-electron chi connectivity index (χ0n) is 13.7. The predicted octanol–water partition coefficient (Wildman–Crippen LogP) is 4.08. The van der Waals surface area contributed by atoms with Gasteiger partial charge in [-0.05, 0) is 36.4 Å². The second kappa shape index (κ2) is 8.27. The van der Waals surface area contributed by atoms with Crippen molar-refractivity contribution in [2.45, 2.75) is 0 Å². The van der Waals surface area contributed by atoms with Crippen LogP contribution in [0.4, 0.5) is 5.69 Å². The summed E-state index contributed by atoms with van der Waals surface area (Å²) in [5, 5.41) is 4.16. The van der Waals surface area contributed by atoms with Crippen molar-refractivity contribution in [1.29, 1.82) is 0 Å². The van der Waals surface area contributed by atoms with E-state index in [2.05, 4.69) is 10.3 Å². The number of ether oxygens (including phenoxy) is 1. The maximum absolute atomic E-state index is 11.8. The largest absolute Gasteiger partial charge is 0.452 e. The lowest BCUT2D eigenvalue weighted by molar-refractivity contribution is -0.142. The van der Waals surface area contributed by atoms with E-state index in [1.807, 2.05) is 30.3 Å². The quantitative estimate of drug-likeness (QED) is 0.545. The third kappa shape index (κ3) is 4.68. The minimum absolute atomic E-state index is 0.375. The number of aromatic nitrogens is 1. The normalized spacial score (nSPS) is 10.8. The fourth-order valence-corrected chi connectivity index (χ4v) is 2.46. The number of hydrogen-bond donors (Lipinski definition) is 1. The predicted molar refractivity (Wildman–Crippen MR) is 102 cm³/mol. The molecule has 0 radical (unpaired) electrons. The van der Waals surface area contributed by atoms with Crippen LogP contribution in [0.15, 0.2) is 66.9 Å². The van der Waals surface area contributed by atoms with Crippen molar-refractivity contribution >= 4 is 46.1 Å². The molecule has 0 saturated carbocycles. The molecule has 0 aliphatic carbocycles. The highest BCUT2D eigenvalue weighted by Crippen LogP contribution is 2.17. The number of hydrogen-bond acceptors (Lipinski definition) is 4. The van der Waals surface area contributed by atoms with Gasteiger partial charge in [-0.1, -0.05) is 35.9 Å². The first-order valence-corrected chi connectivity index (χ1v) is 8.23. The number of nitrogens with zero attached hydrogens (tertiary/aromatic N) is 1. The number of para-hydroxylation sites is 1. The monoisotopic (exact) mass is 366 g/mol. The molecular formula is C20H15ClN2O3. The first kappa shape index (κ1) is 17.6. The molecule has 26 heavy (non-hydrogen) atoms. The molecule has 0 unspecified atom stereocenters. The molecule has 0 aliphatic rings. The van der Waals surface area contributed by atoms with Crippen LogP contribution in [0.2, 0.25) is 5.02 Å². The minimum Gasteiger partial charge on any atom is -0.452 e. The standard InChI is InChI=1S/C20H15ClN2O3/c21-16-7-9-17(10-8-16)23-18(24)13-26-19(25)11-6-15-4-1-3-14-5-2-12-22-20(14)15/h1-12H,13H2,(H,23,24)/b11-6+. The molecule has 1 heterocycles. The Kier molecular flexibility index (Phi) is 5.61. The Morgan fingerprint density at radius 3 is 2.65 bits per heavy atom. The average molecular weight is 367 g/mol. The van der Waals surface area contributed by atoms with E-state index in [1.165, 1.54) is 6.08 Å². The van der Waals surface area contributed by atoms with Crippen molar-refractivity contribution in [3.63, 3.8) is 0 Å². The van der Waals surface area contributed by atoms with Crippen LogP contribution in [0.25, 0.3) is 17.0 Å². The van der Waals surface area contributed by atoms with Gasteiger partial charge in [-0.3, -0.25) is 9.78 Å². The van der Waals surface area contributed by atoms with Crippen LogP contribution < -0.4 is 5.32 Å². The van der Waals surface area contributed by atoms with Crippen LogP contribution in [0, 0.1) is 0 Å². The van der Waals surface area contributed by atoms with E-state index in [0.717, 1.165) is 16.5 Å². The van der Waals surface area contributed by atoms with Gasteiger partial charge in [-0.25, -0.2) is 4.79 Å². The lowest BCUT2D eigenvalue weighted by atomic mass is 10.1. The van der Waals surface area contributed by atoms with E-state index in [9.17, 15) is 9.59 Å². The van der Waals surface area contributed by atoms with Gasteiger partial charge in [0.1, 0.15) is 0 Å². The first-order chi connectivity index (χ1) is 12.6. The number of esters is 1. The fourth-order valence-electron chi connectivity index (χ4n) is 2.34. The third-order valence-electron chi connectivity index (χ3n) is 3.54. The second-order valence-corrected chi connectivity index (χ2v) is 5.85. The van der Waals surface area contributed by atoms with E-state index in [4.69, 9.17) is 16.3 Å². The second-order valence-electron chi connectivity index (χ2n) is 5.42. The molecule has 1 N–H and O–H groups in total. The summed E-state index contributed by atoms with van der Waals surface area (Å²) in [5.41, 5.74) is 2.16. The number of carbonyl (C=O) groups excluding carboxylic acids is 2. The number of benzene rings is 2. The first-order valence-electron chi connectivity index (χ1n) is 7.86. The number of anilines is 1. The lowest BCUT2D eigenvalue weighted by Crippen LogP contribution is -2.20. The van der Waals surface area contributed by atoms with Crippen molar-refractivity contribution in [3.8, 4) is 0 Å². The van der Waals surface area contributed by atoms with E-state index < -0.39 is 11.9 Å². The Hall–Kier alpha value is -3.18. The number of halogens is 1. The molecule has 3 aromatic rings. The van der Waals surface area contributed by atoms with Crippen LogP contribution in [0.1, 0.15) is 5.56 Å². The van der Waals surface area contributed by atoms with Crippen molar-refractivity contribution in [2.75, 3.05) is 11.9 Å². The Morgan fingerprint density at radius 2 is 1.85 bits per heavy atom. The topological polar surface area (TPSA) is 68.3 Å². The van der Waals surface area contributed by atoms with Crippen LogP contribution in [0.5, 0.6) is 0 Å². The lowest BCUT2D eigenvalue weighted by Gasteiger charge is -2.05. The maximum Gasteiger partial charge on any atom is 0.331 e. The van der Waals surface area contributed by atoms with Gasteiger partial charge < -0.3 is 10.1 Å². The molecule has 0 saturated heterocycles. The Balaban J connectivity index is 1.55. The number of fused-ring (bicyclic) bond motifs is 1. The summed E-state index contributed by atoms with van der Waals surface area (Å²) in [7, 11) is 0. The van der Waals surface area contributed by atoms with Gasteiger partial charge in [0, 0.05) is 33.9 Å². The van der Waals surface area contributed by atoms with Crippen molar-refractivity contribution in [2.24, 2.45) is 0 Å². The molecule has 0 bridgehead atoms. The molecule has 130 valence electrons. The van der Waals surface area contributed by atoms with Gasteiger partial charge in [0.15, 0.2) is 6.61 Å². The highest BCUT2D eigenvalue weighted by molar-refractivity contribution is 6.30. The molecule has 2 aromatic carbocycles. The molecule has 6 heteroatoms. The summed E-state index contributed by atoms with van der Waals surface area (Å²) in [6, 6.07) is 16.1. The highest BCUT2D eigenvalue weighted by Gasteiger charge is 2.06. The average Bonchev–Trinajstić information content (AvgIpc) is 2.66. The SMILES string of the molecule is O=C(COC(=O)/C=C/c1cccc2cccnc12)Nc1ccc(Cl)cc1. The summed E-state index contributed by atoms with van der Waals surface area (Å²) >= 11 is 5.78. The van der Waals surface area contributed by atoms with Crippen LogP contribution >= 0.6 is 11.6 Å². The van der Waals surface area contributed by atoms with E-state index >= 15 is 0 Å². The minimum atomic E-state index is -0.607. The Bertz CT molecular complexity index is 963. The smallest absolute Gasteiger partial charge is 0.331 e. The van der Waals surface area contributed by atoms with Gasteiger partial charge >= 0.3 is 5.97 Å². The Morgan fingerprint density at radius 1 is 1.08 bits per heavy atom. The van der Waals surface area contributed by atoms with E-state index in [0.29, 0.717) is 10.7 Å². The van der Waals surface area contributed by atoms with Crippen LogP contribution in [-0.2, 0) is 14.3 Å². The zero-order chi connectivity index (χ0) is 18.4. The number of amides is 1. The van der Waals surface area contributed by atoms with E-state index in [-0.39, 0.29) is 6.61 Å². The van der Waals surface area contributed by atoms with Gasteiger partial charge in [-0.2, -0.15) is 0 Å². The molecule has 3 rings (SSSR count). The maximum atomic E-state index is 11.8. The molecule has 0 spiro atoms.